The number of anilines is 2. The number of para-hydroxylation sites is 1. The first-order valence-electron chi connectivity index (χ1n) is 9.76. The van der Waals surface area contributed by atoms with Crippen LogP contribution in [0.25, 0.3) is 0 Å². The topological polar surface area (TPSA) is 78.7 Å². The van der Waals surface area contributed by atoms with Gasteiger partial charge in [-0.3, -0.25) is 14.9 Å². The smallest absolute Gasteiger partial charge is 0.282 e. The van der Waals surface area contributed by atoms with Gasteiger partial charge in [0.05, 0.1) is 4.92 Å². The van der Waals surface area contributed by atoms with Gasteiger partial charge in [0.25, 0.3) is 11.6 Å². The quantitative estimate of drug-likeness (QED) is 0.634. The fraction of sp³-hybridized carbons (Fsp3) is 0.381. The van der Waals surface area contributed by atoms with Gasteiger partial charge in [0.15, 0.2) is 0 Å². The molecule has 0 aromatic heterocycles. The second-order valence-electron chi connectivity index (χ2n) is 7.40. The molecule has 2 aromatic rings. The first kappa shape index (κ1) is 18.3. The number of carbonyl (C=O) groups excluding carboxylic acids is 1. The molecule has 0 radical (unpaired) electrons. The maximum absolute atomic E-state index is 12.8. The van der Waals surface area contributed by atoms with Crippen molar-refractivity contribution in [3.8, 4) is 0 Å². The van der Waals surface area contributed by atoms with Crippen molar-refractivity contribution in [1.82, 2.24) is 4.90 Å². The minimum absolute atomic E-state index is 0.112. The molecule has 0 aliphatic carbocycles. The van der Waals surface area contributed by atoms with Crippen molar-refractivity contribution < 1.29 is 9.72 Å². The van der Waals surface area contributed by atoms with E-state index in [1.54, 1.807) is 17.0 Å². The van der Waals surface area contributed by atoms with Crippen molar-refractivity contribution in [1.29, 1.82) is 0 Å². The molecule has 1 unspecified atom stereocenters. The number of hydrogen-bond acceptors (Lipinski definition) is 5. The lowest BCUT2D eigenvalue weighted by Crippen LogP contribution is -2.29. The molecule has 7 heteroatoms. The Morgan fingerprint density at radius 1 is 1.07 bits per heavy atom. The van der Waals surface area contributed by atoms with Gasteiger partial charge in [-0.05, 0) is 43.5 Å². The number of nitrogens with zero attached hydrogens (tertiary/aromatic N) is 3. The second-order valence-corrected chi connectivity index (χ2v) is 7.40. The average molecular weight is 380 g/mol. The summed E-state index contributed by atoms with van der Waals surface area (Å²) in [4.78, 5) is 27.7. The Hall–Kier alpha value is -3.09. The standard InChI is InChI=1S/C21H24N4O3/c26-21(23-11-4-5-12-23)19-14-18(8-9-20(19)25(27)28)24-13-10-17(15-24)22-16-6-2-1-3-7-16/h1-3,6-9,14,17,22H,4-5,10-13,15H2. The molecule has 4 rings (SSSR count). The number of nitro groups is 1. The highest BCUT2D eigenvalue weighted by Crippen LogP contribution is 2.30. The summed E-state index contributed by atoms with van der Waals surface area (Å²) in [5.41, 5.74) is 2.04. The zero-order chi connectivity index (χ0) is 19.5. The van der Waals surface area contributed by atoms with E-state index in [2.05, 4.69) is 10.2 Å². The van der Waals surface area contributed by atoms with Crippen LogP contribution in [0.3, 0.4) is 0 Å². The molecule has 1 atom stereocenters. The maximum atomic E-state index is 12.8. The predicted molar refractivity (Wildman–Crippen MR) is 109 cm³/mol. The second kappa shape index (κ2) is 7.88. The van der Waals surface area contributed by atoms with Crippen LogP contribution in [0.1, 0.15) is 29.6 Å². The van der Waals surface area contributed by atoms with Gasteiger partial charge in [-0.1, -0.05) is 18.2 Å². The lowest BCUT2D eigenvalue weighted by atomic mass is 10.1. The van der Waals surface area contributed by atoms with Crippen molar-refractivity contribution in [3.05, 3.63) is 64.2 Å². The summed E-state index contributed by atoms with van der Waals surface area (Å²) in [5.74, 6) is -0.232. The Balaban J connectivity index is 1.52. The minimum Gasteiger partial charge on any atom is -0.380 e. The van der Waals surface area contributed by atoms with E-state index in [1.165, 1.54) is 6.07 Å². The third-order valence-corrected chi connectivity index (χ3v) is 5.50. The van der Waals surface area contributed by atoms with Crippen LogP contribution in [-0.4, -0.2) is 48.0 Å². The Labute approximate surface area is 164 Å². The van der Waals surface area contributed by atoms with Crippen LogP contribution >= 0.6 is 0 Å². The van der Waals surface area contributed by atoms with Crippen LogP contribution in [0.2, 0.25) is 0 Å². The molecular weight excluding hydrogens is 356 g/mol. The van der Waals surface area contributed by atoms with E-state index >= 15 is 0 Å². The lowest BCUT2D eigenvalue weighted by molar-refractivity contribution is -0.385. The van der Waals surface area contributed by atoms with E-state index in [0.29, 0.717) is 19.1 Å². The van der Waals surface area contributed by atoms with Crippen molar-refractivity contribution in [2.24, 2.45) is 0 Å². The third-order valence-electron chi connectivity index (χ3n) is 5.50. The fourth-order valence-electron chi connectivity index (χ4n) is 4.02. The molecule has 0 spiro atoms. The van der Waals surface area contributed by atoms with E-state index in [4.69, 9.17) is 0 Å². The molecule has 2 aliphatic heterocycles. The normalized spacial score (nSPS) is 19.1. The van der Waals surface area contributed by atoms with Gasteiger partial charge in [0, 0.05) is 49.7 Å². The van der Waals surface area contributed by atoms with Gasteiger partial charge in [0.1, 0.15) is 5.56 Å². The summed E-state index contributed by atoms with van der Waals surface area (Å²) >= 11 is 0. The highest BCUT2D eigenvalue weighted by atomic mass is 16.6. The maximum Gasteiger partial charge on any atom is 0.282 e. The van der Waals surface area contributed by atoms with Gasteiger partial charge < -0.3 is 15.1 Å². The van der Waals surface area contributed by atoms with Gasteiger partial charge in [-0.15, -0.1) is 0 Å². The first-order valence-corrected chi connectivity index (χ1v) is 9.76. The van der Waals surface area contributed by atoms with Gasteiger partial charge in [-0.2, -0.15) is 0 Å². The van der Waals surface area contributed by atoms with E-state index < -0.39 is 4.92 Å². The monoisotopic (exact) mass is 380 g/mol. The summed E-state index contributed by atoms with van der Waals surface area (Å²) in [5, 5.41) is 15.0. The van der Waals surface area contributed by atoms with Crippen molar-refractivity contribution in [3.63, 3.8) is 0 Å². The van der Waals surface area contributed by atoms with Crippen LogP contribution in [0, 0.1) is 10.1 Å². The third kappa shape index (κ3) is 3.78. The number of amides is 1. The van der Waals surface area contributed by atoms with Crippen LogP contribution in [-0.2, 0) is 0 Å². The number of carbonyl (C=O) groups is 1. The number of likely N-dealkylation sites (tertiary alicyclic amines) is 1. The largest absolute Gasteiger partial charge is 0.380 e. The molecule has 28 heavy (non-hydrogen) atoms. The number of nitro benzene ring substituents is 1. The summed E-state index contributed by atoms with van der Waals surface area (Å²) in [6.07, 6.45) is 2.89. The Morgan fingerprint density at radius 2 is 1.82 bits per heavy atom. The molecule has 2 aliphatic rings. The number of nitrogens with one attached hydrogen (secondary N) is 1. The molecular formula is C21H24N4O3. The molecule has 2 aromatic carbocycles. The Morgan fingerprint density at radius 3 is 2.54 bits per heavy atom. The van der Waals surface area contributed by atoms with Crippen LogP contribution < -0.4 is 10.2 Å². The van der Waals surface area contributed by atoms with E-state index in [9.17, 15) is 14.9 Å². The average Bonchev–Trinajstić information content (AvgIpc) is 3.40. The van der Waals surface area contributed by atoms with Crippen LogP contribution in [0.15, 0.2) is 48.5 Å². The molecule has 2 saturated heterocycles. The highest BCUT2D eigenvalue weighted by Gasteiger charge is 2.29. The summed E-state index contributed by atoms with van der Waals surface area (Å²) in [7, 11) is 0. The number of rotatable bonds is 5. The fourth-order valence-corrected chi connectivity index (χ4v) is 4.02. The van der Waals surface area contributed by atoms with Gasteiger partial charge >= 0.3 is 0 Å². The predicted octanol–water partition coefficient (Wildman–Crippen LogP) is 3.52. The van der Waals surface area contributed by atoms with Crippen LogP contribution in [0.5, 0.6) is 0 Å². The molecule has 2 heterocycles. The summed E-state index contributed by atoms with van der Waals surface area (Å²) in [6, 6.07) is 15.3. The summed E-state index contributed by atoms with van der Waals surface area (Å²) in [6.45, 7) is 2.99. The number of hydrogen-bond donors (Lipinski definition) is 1. The first-order chi connectivity index (χ1) is 13.6. The number of benzene rings is 2. The van der Waals surface area contributed by atoms with Crippen molar-refractivity contribution in [2.45, 2.75) is 25.3 Å². The van der Waals surface area contributed by atoms with Crippen LogP contribution in [0.4, 0.5) is 17.1 Å². The molecule has 2 fully saturated rings. The molecule has 0 saturated carbocycles. The van der Waals surface area contributed by atoms with E-state index in [-0.39, 0.29) is 17.2 Å². The zero-order valence-electron chi connectivity index (χ0n) is 15.7. The molecule has 1 amide bonds. The molecule has 146 valence electrons. The van der Waals surface area contributed by atoms with E-state index in [1.807, 2.05) is 30.3 Å². The Kier molecular flexibility index (Phi) is 5.14. The van der Waals surface area contributed by atoms with E-state index in [0.717, 1.165) is 43.7 Å². The SMILES string of the molecule is O=C(c1cc(N2CCC(Nc3ccccc3)C2)ccc1[N+](=O)[O-])N1CCCC1. The van der Waals surface area contributed by atoms with Crippen molar-refractivity contribution >= 4 is 23.0 Å². The van der Waals surface area contributed by atoms with Gasteiger partial charge in [0.2, 0.25) is 0 Å². The summed E-state index contributed by atoms with van der Waals surface area (Å²) < 4.78 is 0. The minimum atomic E-state index is -0.461. The van der Waals surface area contributed by atoms with Crippen molar-refractivity contribution in [2.75, 3.05) is 36.4 Å². The lowest BCUT2D eigenvalue weighted by Gasteiger charge is -2.21. The molecule has 1 N–H and O–H groups in total. The Bertz CT molecular complexity index is 865. The zero-order valence-corrected chi connectivity index (χ0v) is 15.7. The molecule has 7 nitrogen and oxygen atoms in total. The highest BCUT2D eigenvalue weighted by molar-refractivity contribution is 5.99. The molecule has 0 bridgehead atoms. The van der Waals surface area contributed by atoms with Gasteiger partial charge in [-0.25, -0.2) is 0 Å².